The lowest BCUT2D eigenvalue weighted by Gasteiger charge is -2.49. The summed E-state index contributed by atoms with van der Waals surface area (Å²) in [5.74, 6) is 1.97. The van der Waals surface area contributed by atoms with E-state index in [1.54, 1.807) is 0 Å². The molecule has 5 nitrogen and oxygen atoms in total. The van der Waals surface area contributed by atoms with Crippen molar-refractivity contribution in [2.75, 3.05) is 52.4 Å². The molecule has 1 spiro atoms. The van der Waals surface area contributed by atoms with Crippen molar-refractivity contribution in [2.45, 2.75) is 89.7 Å². The number of hydrogen-bond acceptors (Lipinski definition) is 4. The molecule has 3 aliphatic heterocycles. The second kappa shape index (κ2) is 10.3. The minimum Gasteiger partial charge on any atom is -0.375 e. The highest BCUT2D eigenvalue weighted by atomic mass is 16.5. The SMILES string of the molecule is CC(C)CN1CCN(C2CCOC3(CCN(C(=O)CCC4CCCC4)CC3)C2)CC1. The van der Waals surface area contributed by atoms with Gasteiger partial charge in [0.15, 0.2) is 0 Å². The van der Waals surface area contributed by atoms with Crippen LogP contribution in [-0.4, -0.2) is 84.7 Å². The van der Waals surface area contributed by atoms with Crippen molar-refractivity contribution in [1.82, 2.24) is 14.7 Å². The van der Waals surface area contributed by atoms with Crippen LogP contribution >= 0.6 is 0 Å². The van der Waals surface area contributed by atoms with E-state index in [9.17, 15) is 4.79 Å². The summed E-state index contributed by atoms with van der Waals surface area (Å²) < 4.78 is 6.40. The molecule has 0 bridgehead atoms. The third-order valence-electron chi connectivity index (χ3n) is 8.28. The molecule has 1 amide bonds. The van der Waals surface area contributed by atoms with Crippen LogP contribution in [0.25, 0.3) is 0 Å². The van der Waals surface area contributed by atoms with E-state index >= 15 is 0 Å². The summed E-state index contributed by atoms with van der Waals surface area (Å²) in [5, 5.41) is 0. The molecule has 1 saturated carbocycles. The number of carbonyl (C=O) groups is 1. The quantitative estimate of drug-likeness (QED) is 0.657. The average Bonchev–Trinajstić information content (AvgIpc) is 3.26. The zero-order chi connectivity index (χ0) is 21.0. The smallest absolute Gasteiger partial charge is 0.222 e. The predicted octanol–water partition coefficient (Wildman–Crippen LogP) is 3.77. The zero-order valence-electron chi connectivity index (χ0n) is 19.6. The molecule has 3 heterocycles. The largest absolute Gasteiger partial charge is 0.375 e. The Bertz CT molecular complexity index is 545. The maximum Gasteiger partial charge on any atom is 0.222 e. The van der Waals surface area contributed by atoms with E-state index in [-0.39, 0.29) is 5.60 Å². The van der Waals surface area contributed by atoms with Crippen molar-refractivity contribution < 1.29 is 9.53 Å². The maximum absolute atomic E-state index is 12.7. The Labute approximate surface area is 184 Å². The number of carbonyl (C=O) groups excluding carboxylic acids is 1. The fourth-order valence-electron chi connectivity index (χ4n) is 6.44. The molecule has 4 aliphatic rings. The number of hydrogen-bond donors (Lipinski definition) is 0. The van der Waals surface area contributed by atoms with Gasteiger partial charge in [0.1, 0.15) is 0 Å². The monoisotopic (exact) mass is 419 g/mol. The van der Waals surface area contributed by atoms with Gasteiger partial charge >= 0.3 is 0 Å². The molecule has 0 N–H and O–H groups in total. The van der Waals surface area contributed by atoms with Gasteiger partial charge in [-0.1, -0.05) is 39.5 Å². The van der Waals surface area contributed by atoms with E-state index in [0.717, 1.165) is 57.2 Å². The van der Waals surface area contributed by atoms with Crippen molar-refractivity contribution in [1.29, 1.82) is 0 Å². The standard InChI is InChI=1S/C25H45N3O2/c1-21(2)20-26-14-16-27(17-15-26)23-9-18-30-25(19-23)10-12-28(13-11-25)24(29)8-7-22-5-3-4-6-22/h21-23H,3-20H2,1-2H3. The van der Waals surface area contributed by atoms with E-state index in [0.29, 0.717) is 11.9 Å². The number of ether oxygens (including phenoxy) is 1. The summed E-state index contributed by atoms with van der Waals surface area (Å²) in [6.45, 7) is 13.4. The Balaban J connectivity index is 1.21. The molecule has 1 unspecified atom stereocenters. The second-order valence-corrected chi connectivity index (χ2v) is 11.0. The zero-order valence-corrected chi connectivity index (χ0v) is 19.6. The first-order chi connectivity index (χ1) is 14.5. The lowest BCUT2D eigenvalue weighted by Crippen LogP contribution is -2.57. The van der Waals surface area contributed by atoms with Gasteiger partial charge in [-0.2, -0.15) is 0 Å². The van der Waals surface area contributed by atoms with Crippen LogP contribution in [0.15, 0.2) is 0 Å². The van der Waals surface area contributed by atoms with Crippen LogP contribution in [0.2, 0.25) is 0 Å². The lowest BCUT2D eigenvalue weighted by atomic mass is 9.81. The van der Waals surface area contributed by atoms with Gasteiger partial charge in [-0.05, 0) is 43.9 Å². The topological polar surface area (TPSA) is 36.0 Å². The van der Waals surface area contributed by atoms with Crippen molar-refractivity contribution in [3.63, 3.8) is 0 Å². The van der Waals surface area contributed by atoms with Crippen molar-refractivity contribution in [2.24, 2.45) is 11.8 Å². The van der Waals surface area contributed by atoms with Gasteiger partial charge in [0.2, 0.25) is 5.91 Å². The molecular weight excluding hydrogens is 374 g/mol. The predicted molar refractivity (Wildman–Crippen MR) is 122 cm³/mol. The van der Waals surface area contributed by atoms with Gasteiger partial charge < -0.3 is 14.5 Å². The minimum absolute atomic E-state index is 0.0280. The summed E-state index contributed by atoms with van der Waals surface area (Å²) >= 11 is 0. The summed E-state index contributed by atoms with van der Waals surface area (Å²) in [5.41, 5.74) is 0.0280. The highest BCUT2D eigenvalue weighted by Crippen LogP contribution is 2.37. The molecule has 30 heavy (non-hydrogen) atoms. The molecule has 5 heteroatoms. The summed E-state index contributed by atoms with van der Waals surface area (Å²) in [6.07, 6.45) is 11.7. The van der Waals surface area contributed by atoms with E-state index < -0.39 is 0 Å². The van der Waals surface area contributed by atoms with E-state index in [1.165, 1.54) is 71.2 Å². The molecule has 0 aromatic heterocycles. The highest BCUT2D eigenvalue weighted by Gasteiger charge is 2.42. The molecule has 4 rings (SSSR count). The van der Waals surface area contributed by atoms with Gasteiger partial charge in [-0.15, -0.1) is 0 Å². The Kier molecular flexibility index (Phi) is 7.75. The highest BCUT2D eigenvalue weighted by molar-refractivity contribution is 5.76. The molecule has 4 fully saturated rings. The first-order valence-electron chi connectivity index (χ1n) is 12.9. The van der Waals surface area contributed by atoms with Crippen LogP contribution in [0.4, 0.5) is 0 Å². The number of piperazine rings is 1. The first kappa shape index (κ1) is 22.5. The molecule has 0 aromatic rings. The van der Waals surface area contributed by atoms with Gasteiger partial charge in [-0.25, -0.2) is 0 Å². The van der Waals surface area contributed by atoms with Gasteiger partial charge in [0, 0.05) is 64.9 Å². The average molecular weight is 420 g/mol. The van der Waals surface area contributed by atoms with Crippen LogP contribution < -0.4 is 0 Å². The summed E-state index contributed by atoms with van der Waals surface area (Å²) in [6, 6.07) is 0.671. The fraction of sp³-hybridized carbons (Fsp3) is 0.960. The lowest BCUT2D eigenvalue weighted by molar-refractivity contribution is -0.150. The number of rotatable bonds is 6. The Hall–Kier alpha value is -0.650. The number of likely N-dealkylation sites (tertiary alicyclic amines) is 1. The number of amides is 1. The van der Waals surface area contributed by atoms with E-state index in [1.807, 2.05) is 0 Å². The molecule has 172 valence electrons. The van der Waals surface area contributed by atoms with Crippen LogP contribution in [0.1, 0.15) is 78.1 Å². The Morgan fingerprint density at radius 1 is 1.00 bits per heavy atom. The summed E-state index contributed by atoms with van der Waals surface area (Å²) in [4.78, 5) is 20.2. The Morgan fingerprint density at radius 2 is 1.70 bits per heavy atom. The normalized spacial score (nSPS) is 29.2. The molecule has 3 saturated heterocycles. The second-order valence-electron chi connectivity index (χ2n) is 11.0. The van der Waals surface area contributed by atoms with E-state index in [2.05, 4.69) is 28.5 Å². The summed E-state index contributed by atoms with van der Waals surface area (Å²) in [7, 11) is 0. The van der Waals surface area contributed by atoms with Gasteiger partial charge in [0.25, 0.3) is 0 Å². The molecule has 1 atom stereocenters. The van der Waals surface area contributed by atoms with E-state index in [4.69, 9.17) is 4.74 Å². The molecular formula is C25H45N3O2. The Morgan fingerprint density at radius 3 is 2.37 bits per heavy atom. The molecule has 0 aromatic carbocycles. The third-order valence-corrected chi connectivity index (χ3v) is 8.28. The first-order valence-corrected chi connectivity index (χ1v) is 12.9. The number of nitrogens with zero attached hydrogens (tertiary/aromatic N) is 3. The third kappa shape index (κ3) is 5.77. The van der Waals surface area contributed by atoms with Crippen molar-refractivity contribution in [3.05, 3.63) is 0 Å². The van der Waals surface area contributed by atoms with Crippen LogP contribution in [0.3, 0.4) is 0 Å². The molecule has 1 aliphatic carbocycles. The number of piperidine rings is 1. The van der Waals surface area contributed by atoms with Crippen molar-refractivity contribution in [3.8, 4) is 0 Å². The van der Waals surface area contributed by atoms with Crippen LogP contribution in [0.5, 0.6) is 0 Å². The fourth-order valence-corrected chi connectivity index (χ4v) is 6.44. The van der Waals surface area contributed by atoms with Gasteiger partial charge in [0.05, 0.1) is 5.60 Å². The van der Waals surface area contributed by atoms with Crippen LogP contribution in [0, 0.1) is 11.8 Å². The molecule has 0 radical (unpaired) electrons. The van der Waals surface area contributed by atoms with Gasteiger partial charge in [-0.3, -0.25) is 9.69 Å². The van der Waals surface area contributed by atoms with Crippen LogP contribution in [-0.2, 0) is 9.53 Å². The van der Waals surface area contributed by atoms with Crippen molar-refractivity contribution >= 4 is 5.91 Å². The minimum atomic E-state index is 0.0280. The maximum atomic E-state index is 12.7.